The van der Waals surface area contributed by atoms with E-state index in [9.17, 15) is 4.79 Å². The summed E-state index contributed by atoms with van der Waals surface area (Å²) in [5.74, 6) is -0.00200. The summed E-state index contributed by atoms with van der Waals surface area (Å²) in [4.78, 5) is 26.4. The van der Waals surface area contributed by atoms with Crippen LogP contribution in [0.1, 0.15) is 28.7 Å². The zero-order valence-electron chi connectivity index (χ0n) is 18.7. The van der Waals surface area contributed by atoms with Crippen molar-refractivity contribution < 1.29 is 14.3 Å². The number of H-pyrrole nitrogens is 1. The van der Waals surface area contributed by atoms with E-state index in [4.69, 9.17) is 32.7 Å². The smallest absolute Gasteiger partial charge is 0.355 e. The molecule has 10 heteroatoms. The molecule has 0 saturated carbocycles. The van der Waals surface area contributed by atoms with Gasteiger partial charge in [-0.2, -0.15) is 0 Å². The molecule has 33 heavy (non-hydrogen) atoms. The van der Waals surface area contributed by atoms with Gasteiger partial charge in [0.1, 0.15) is 5.69 Å². The number of esters is 1. The average molecular weight is 490 g/mol. The molecule has 0 atom stereocenters. The van der Waals surface area contributed by atoms with Crippen molar-refractivity contribution in [3.63, 3.8) is 0 Å². The fourth-order valence-corrected chi connectivity index (χ4v) is 4.68. The van der Waals surface area contributed by atoms with Crippen LogP contribution in [0.25, 0.3) is 11.3 Å². The Kier molecular flexibility index (Phi) is 7.07. The van der Waals surface area contributed by atoms with Gasteiger partial charge in [0, 0.05) is 36.2 Å². The van der Waals surface area contributed by atoms with Gasteiger partial charge in [-0.1, -0.05) is 23.2 Å². The fourth-order valence-electron chi connectivity index (χ4n) is 3.96. The van der Waals surface area contributed by atoms with Crippen molar-refractivity contribution in [3.05, 3.63) is 51.4 Å². The molecule has 2 aromatic heterocycles. The standard InChI is InChI=1S/C23H25Cl2N5O3/c1-4-33-22(31)20-13(2)19(14(3)27-20)18-5-6-26-23(29-18)28-15-11-16(24)21(17(25)12-15)30-7-9-32-10-8-30/h5-6,11-12,27H,4,7-10H2,1-3H3,(H,26,28,29). The normalized spacial score (nSPS) is 13.8. The van der Waals surface area contributed by atoms with Crippen LogP contribution >= 0.6 is 23.2 Å². The minimum Gasteiger partial charge on any atom is -0.461 e. The topological polar surface area (TPSA) is 92.4 Å². The molecule has 0 radical (unpaired) electrons. The van der Waals surface area contributed by atoms with E-state index in [0.29, 0.717) is 52.9 Å². The number of aromatic nitrogens is 3. The van der Waals surface area contributed by atoms with Crippen LogP contribution in [0.15, 0.2) is 24.4 Å². The third-order valence-electron chi connectivity index (χ3n) is 5.43. The minimum absolute atomic E-state index is 0.308. The number of anilines is 3. The summed E-state index contributed by atoms with van der Waals surface area (Å²) in [6, 6.07) is 5.41. The summed E-state index contributed by atoms with van der Waals surface area (Å²) in [6.45, 7) is 8.60. The van der Waals surface area contributed by atoms with Gasteiger partial charge < -0.3 is 24.7 Å². The molecule has 8 nitrogen and oxygen atoms in total. The largest absolute Gasteiger partial charge is 0.461 e. The average Bonchev–Trinajstić information content (AvgIpc) is 3.08. The molecule has 0 unspecified atom stereocenters. The molecule has 174 valence electrons. The van der Waals surface area contributed by atoms with Crippen LogP contribution in [0.2, 0.25) is 10.0 Å². The van der Waals surface area contributed by atoms with Crippen LogP contribution in [0.3, 0.4) is 0 Å². The fraction of sp³-hybridized carbons (Fsp3) is 0.348. The van der Waals surface area contributed by atoms with Crippen LogP contribution < -0.4 is 10.2 Å². The van der Waals surface area contributed by atoms with Gasteiger partial charge in [0.2, 0.25) is 5.95 Å². The Bertz CT molecular complexity index is 1150. The van der Waals surface area contributed by atoms with Crippen molar-refractivity contribution in [1.82, 2.24) is 15.0 Å². The van der Waals surface area contributed by atoms with Gasteiger partial charge in [-0.05, 0) is 44.5 Å². The third kappa shape index (κ3) is 4.93. The highest BCUT2D eigenvalue weighted by atomic mass is 35.5. The zero-order valence-corrected chi connectivity index (χ0v) is 20.2. The third-order valence-corrected chi connectivity index (χ3v) is 6.01. The van der Waals surface area contributed by atoms with E-state index < -0.39 is 0 Å². The van der Waals surface area contributed by atoms with Crippen LogP contribution in [-0.2, 0) is 9.47 Å². The Morgan fingerprint density at radius 1 is 1.24 bits per heavy atom. The minimum atomic E-state index is -0.388. The lowest BCUT2D eigenvalue weighted by molar-refractivity contribution is 0.0519. The maximum absolute atomic E-state index is 12.2. The van der Waals surface area contributed by atoms with Crippen LogP contribution in [-0.4, -0.2) is 53.8 Å². The lowest BCUT2D eigenvalue weighted by Crippen LogP contribution is -2.36. The molecule has 1 aliphatic rings. The van der Waals surface area contributed by atoms with Gasteiger partial charge in [-0.25, -0.2) is 14.8 Å². The van der Waals surface area contributed by atoms with Gasteiger partial charge in [-0.15, -0.1) is 0 Å². The Labute approximate surface area is 202 Å². The van der Waals surface area contributed by atoms with Gasteiger partial charge in [0.25, 0.3) is 0 Å². The Morgan fingerprint density at radius 2 is 1.94 bits per heavy atom. The molecule has 1 aromatic carbocycles. The van der Waals surface area contributed by atoms with Crippen LogP contribution in [0.5, 0.6) is 0 Å². The van der Waals surface area contributed by atoms with E-state index in [1.807, 2.05) is 13.8 Å². The molecule has 2 N–H and O–H groups in total. The highest BCUT2D eigenvalue weighted by Gasteiger charge is 2.21. The maximum Gasteiger partial charge on any atom is 0.355 e. The molecular weight excluding hydrogens is 465 g/mol. The van der Waals surface area contributed by atoms with E-state index in [0.717, 1.165) is 35.6 Å². The second-order valence-corrected chi connectivity index (χ2v) is 8.44. The summed E-state index contributed by atoms with van der Waals surface area (Å²) in [5.41, 5.74) is 5.01. The summed E-state index contributed by atoms with van der Waals surface area (Å²) in [5, 5.41) is 4.26. The van der Waals surface area contributed by atoms with Gasteiger partial charge in [-0.3, -0.25) is 0 Å². The van der Waals surface area contributed by atoms with Crippen molar-refractivity contribution in [3.8, 4) is 11.3 Å². The van der Waals surface area contributed by atoms with Gasteiger partial charge >= 0.3 is 5.97 Å². The van der Waals surface area contributed by atoms with E-state index >= 15 is 0 Å². The number of morpholine rings is 1. The Morgan fingerprint density at radius 3 is 2.61 bits per heavy atom. The van der Waals surface area contributed by atoms with Gasteiger partial charge in [0.05, 0.1) is 41.2 Å². The molecule has 3 aromatic rings. The lowest BCUT2D eigenvalue weighted by Gasteiger charge is -2.30. The molecular formula is C23H25Cl2N5O3. The first kappa shape index (κ1) is 23.4. The number of benzene rings is 1. The van der Waals surface area contributed by atoms with Crippen molar-refractivity contribution in [2.24, 2.45) is 0 Å². The number of rotatable bonds is 6. The van der Waals surface area contributed by atoms with Crippen molar-refractivity contribution in [2.45, 2.75) is 20.8 Å². The zero-order chi connectivity index (χ0) is 23.5. The van der Waals surface area contributed by atoms with E-state index in [1.54, 1.807) is 31.3 Å². The molecule has 0 spiro atoms. The van der Waals surface area contributed by atoms with Crippen LogP contribution in [0.4, 0.5) is 17.3 Å². The lowest BCUT2D eigenvalue weighted by atomic mass is 10.1. The van der Waals surface area contributed by atoms with E-state index in [1.165, 1.54) is 0 Å². The Balaban J connectivity index is 1.60. The van der Waals surface area contributed by atoms with Crippen molar-refractivity contribution >= 4 is 46.5 Å². The summed E-state index contributed by atoms with van der Waals surface area (Å²) < 4.78 is 10.6. The second-order valence-electron chi connectivity index (χ2n) is 7.62. The van der Waals surface area contributed by atoms with Crippen LogP contribution in [0, 0.1) is 13.8 Å². The Hall–Kier alpha value is -2.81. The van der Waals surface area contributed by atoms with E-state index in [-0.39, 0.29) is 5.97 Å². The van der Waals surface area contributed by atoms with E-state index in [2.05, 4.69) is 25.2 Å². The molecule has 0 aliphatic carbocycles. The second kappa shape index (κ2) is 9.99. The molecule has 4 rings (SSSR count). The molecule has 1 fully saturated rings. The van der Waals surface area contributed by atoms with Crippen molar-refractivity contribution in [2.75, 3.05) is 43.1 Å². The first-order valence-corrected chi connectivity index (χ1v) is 11.4. The number of hydrogen-bond donors (Lipinski definition) is 2. The number of nitrogens with one attached hydrogen (secondary N) is 2. The highest BCUT2D eigenvalue weighted by Crippen LogP contribution is 2.38. The maximum atomic E-state index is 12.2. The molecule has 1 aliphatic heterocycles. The summed E-state index contributed by atoms with van der Waals surface area (Å²) >= 11 is 13.1. The molecule has 3 heterocycles. The first-order chi connectivity index (χ1) is 15.9. The number of carbonyl (C=O) groups is 1. The predicted octanol–water partition coefficient (Wildman–Crippen LogP) is 5.15. The SMILES string of the molecule is CCOC(=O)c1[nH]c(C)c(-c2ccnc(Nc3cc(Cl)c(N4CCOCC4)c(Cl)c3)n2)c1C. The highest BCUT2D eigenvalue weighted by molar-refractivity contribution is 6.39. The number of nitrogens with zero attached hydrogens (tertiary/aromatic N) is 3. The quantitative estimate of drug-likeness (QED) is 0.462. The van der Waals surface area contributed by atoms with Crippen molar-refractivity contribution in [1.29, 1.82) is 0 Å². The molecule has 0 bridgehead atoms. The number of carbonyl (C=O) groups excluding carboxylic acids is 1. The number of aromatic amines is 1. The van der Waals surface area contributed by atoms with Gasteiger partial charge in [0.15, 0.2) is 0 Å². The molecule has 0 amide bonds. The number of ether oxygens (including phenoxy) is 2. The summed E-state index contributed by atoms with van der Waals surface area (Å²) in [6.07, 6.45) is 1.66. The summed E-state index contributed by atoms with van der Waals surface area (Å²) in [7, 11) is 0. The number of halogens is 2. The predicted molar refractivity (Wildman–Crippen MR) is 130 cm³/mol. The number of aryl methyl sites for hydroxylation is 1. The monoisotopic (exact) mass is 489 g/mol. The number of hydrogen-bond acceptors (Lipinski definition) is 7. The first-order valence-electron chi connectivity index (χ1n) is 10.7. The molecule has 1 saturated heterocycles.